The zero-order valence-electron chi connectivity index (χ0n) is 28.7. The van der Waals surface area contributed by atoms with Crippen molar-refractivity contribution in [3.8, 4) is 22.5 Å². The van der Waals surface area contributed by atoms with Crippen molar-refractivity contribution in [3.05, 3.63) is 187 Å². The van der Waals surface area contributed by atoms with E-state index in [0.29, 0.717) is 18.2 Å². The van der Waals surface area contributed by atoms with Gasteiger partial charge in [0.15, 0.2) is 5.84 Å². The van der Waals surface area contributed by atoms with Gasteiger partial charge >= 0.3 is 0 Å². The van der Waals surface area contributed by atoms with Gasteiger partial charge in [-0.15, -0.1) is 0 Å². The van der Waals surface area contributed by atoms with Crippen LogP contribution in [0.5, 0.6) is 0 Å². The predicted octanol–water partition coefficient (Wildman–Crippen LogP) is 10.7. The summed E-state index contributed by atoms with van der Waals surface area (Å²) >= 11 is 0. The zero-order chi connectivity index (χ0) is 35.0. The van der Waals surface area contributed by atoms with Crippen molar-refractivity contribution in [2.45, 2.75) is 6.54 Å². The lowest BCUT2D eigenvalue weighted by atomic mass is 9.86. The van der Waals surface area contributed by atoms with Crippen molar-refractivity contribution in [1.82, 2.24) is 9.55 Å². The zero-order valence-corrected chi connectivity index (χ0v) is 28.7. The normalized spacial score (nSPS) is 12.3. The number of hydrogen-bond donors (Lipinski definition) is 1. The van der Waals surface area contributed by atoms with Crippen molar-refractivity contribution in [1.29, 1.82) is 0 Å². The summed E-state index contributed by atoms with van der Waals surface area (Å²) in [5.74, 6) is 1.96. The van der Waals surface area contributed by atoms with Crippen LogP contribution in [-0.4, -0.2) is 21.2 Å². The Morgan fingerprint density at radius 2 is 1.17 bits per heavy atom. The van der Waals surface area contributed by atoms with Gasteiger partial charge in [-0.25, -0.2) is 9.98 Å². The monoisotopic (exact) mass is 669 g/mol. The molecule has 9 rings (SSSR count). The summed E-state index contributed by atoms with van der Waals surface area (Å²) in [4.78, 5) is 15.4. The molecule has 0 unspecified atom stereocenters. The van der Waals surface area contributed by atoms with Crippen LogP contribution < -0.4 is 5.73 Å². The highest BCUT2D eigenvalue weighted by atomic mass is 15.1. The van der Waals surface area contributed by atoms with Crippen LogP contribution in [0.15, 0.2) is 180 Å². The number of hydrogen-bond acceptors (Lipinski definition) is 2. The fourth-order valence-corrected chi connectivity index (χ4v) is 7.32. The average Bonchev–Trinajstić information content (AvgIpc) is 3.55. The molecule has 0 saturated heterocycles. The molecule has 0 amide bonds. The SMILES string of the molecule is Cn1c(-c2ccc3cc(-c4c(C(N=C(N)c5ccccc5)=NCc5ccccc5)c5ccccc5c5ccccc45)ccc3c2)nc2ccccc21. The van der Waals surface area contributed by atoms with Crippen molar-refractivity contribution in [2.24, 2.45) is 22.8 Å². The van der Waals surface area contributed by atoms with Gasteiger partial charge in [0.1, 0.15) is 11.7 Å². The molecule has 0 aliphatic heterocycles. The molecule has 248 valence electrons. The summed E-state index contributed by atoms with van der Waals surface area (Å²) in [7, 11) is 2.08. The van der Waals surface area contributed by atoms with Crippen molar-refractivity contribution in [3.63, 3.8) is 0 Å². The summed E-state index contributed by atoms with van der Waals surface area (Å²) in [5, 5.41) is 6.81. The number of nitrogens with zero attached hydrogens (tertiary/aromatic N) is 4. The molecule has 0 spiro atoms. The van der Waals surface area contributed by atoms with Gasteiger partial charge in [0.25, 0.3) is 0 Å². The molecular formula is C47H35N5. The number of aryl methyl sites for hydroxylation is 1. The highest BCUT2D eigenvalue weighted by Gasteiger charge is 2.21. The first-order valence-corrected chi connectivity index (χ1v) is 17.5. The molecule has 2 N–H and O–H groups in total. The van der Waals surface area contributed by atoms with Gasteiger partial charge in [0.2, 0.25) is 0 Å². The van der Waals surface area contributed by atoms with Gasteiger partial charge in [-0.05, 0) is 67.7 Å². The van der Waals surface area contributed by atoms with Gasteiger partial charge < -0.3 is 10.3 Å². The molecule has 0 atom stereocenters. The van der Waals surface area contributed by atoms with E-state index in [-0.39, 0.29) is 0 Å². The fraction of sp³-hybridized carbons (Fsp3) is 0.0426. The van der Waals surface area contributed by atoms with Gasteiger partial charge in [-0.1, -0.05) is 146 Å². The van der Waals surface area contributed by atoms with E-state index in [1.54, 1.807) is 0 Å². The van der Waals surface area contributed by atoms with Crippen LogP contribution in [0.3, 0.4) is 0 Å². The van der Waals surface area contributed by atoms with Crippen molar-refractivity contribution >= 4 is 55.0 Å². The third-order valence-corrected chi connectivity index (χ3v) is 9.88. The summed E-state index contributed by atoms with van der Waals surface area (Å²) in [6, 6.07) is 59.0. The summed E-state index contributed by atoms with van der Waals surface area (Å²) < 4.78 is 2.16. The smallest absolute Gasteiger partial charge is 0.158 e. The Bertz CT molecular complexity index is 2830. The topological polar surface area (TPSA) is 68.6 Å². The Morgan fingerprint density at radius 3 is 1.90 bits per heavy atom. The minimum atomic E-state index is 0.420. The molecule has 0 radical (unpaired) electrons. The van der Waals surface area contributed by atoms with Crippen LogP contribution in [0.4, 0.5) is 0 Å². The van der Waals surface area contributed by atoms with Crippen LogP contribution in [-0.2, 0) is 13.6 Å². The summed E-state index contributed by atoms with van der Waals surface area (Å²) in [5.41, 5.74) is 15.0. The molecule has 0 fully saturated rings. The van der Waals surface area contributed by atoms with Gasteiger partial charge in [0.05, 0.1) is 17.6 Å². The van der Waals surface area contributed by atoms with Crippen molar-refractivity contribution in [2.75, 3.05) is 0 Å². The second-order valence-corrected chi connectivity index (χ2v) is 13.1. The number of rotatable bonds is 6. The molecule has 0 saturated carbocycles. The van der Waals surface area contributed by atoms with E-state index in [0.717, 1.165) is 77.2 Å². The number of aromatic nitrogens is 2. The van der Waals surface area contributed by atoms with Crippen molar-refractivity contribution < 1.29 is 0 Å². The number of amidine groups is 2. The van der Waals surface area contributed by atoms with Crippen LogP contribution in [0.25, 0.3) is 65.9 Å². The standard InChI is InChI=1S/C47H35N5/c1-52-42-23-13-12-22-41(42)50-47(52)36-27-25-33-28-35(26-24-34(33)29-36)43-39-20-10-8-18-37(39)38-19-9-11-21-40(38)44(43)46(49-30-31-14-4-2-5-15-31)51-45(48)32-16-6-3-7-17-32/h2-29H,30H2,1H3,(H2,48,49,51). The second-order valence-electron chi connectivity index (χ2n) is 13.1. The lowest BCUT2D eigenvalue weighted by molar-refractivity contribution is 0.960. The van der Waals surface area contributed by atoms with Crippen LogP contribution in [0.2, 0.25) is 0 Å². The van der Waals surface area contributed by atoms with Gasteiger partial charge in [-0.3, -0.25) is 4.99 Å². The van der Waals surface area contributed by atoms with Crippen LogP contribution in [0, 0.1) is 0 Å². The number of benzene rings is 8. The van der Waals surface area contributed by atoms with Gasteiger partial charge in [0, 0.05) is 29.3 Å². The highest BCUT2D eigenvalue weighted by Crippen LogP contribution is 2.41. The third kappa shape index (κ3) is 5.59. The molecule has 9 aromatic rings. The molecule has 0 aliphatic carbocycles. The van der Waals surface area contributed by atoms with Crippen LogP contribution >= 0.6 is 0 Å². The minimum absolute atomic E-state index is 0.420. The van der Waals surface area contributed by atoms with E-state index in [9.17, 15) is 0 Å². The van der Waals surface area contributed by atoms with E-state index in [2.05, 4.69) is 127 Å². The molecule has 5 heteroatoms. The van der Waals surface area contributed by atoms with Gasteiger partial charge in [-0.2, -0.15) is 0 Å². The molecule has 1 aromatic heterocycles. The minimum Gasteiger partial charge on any atom is -0.383 e. The molecule has 0 bridgehead atoms. The molecule has 5 nitrogen and oxygen atoms in total. The number of imidazole rings is 1. The summed E-state index contributed by atoms with van der Waals surface area (Å²) in [6.45, 7) is 0.463. The Balaban J connectivity index is 1.28. The molecule has 1 heterocycles. The number of nitrogens with two attached hydrogens (primary N) is 1. The first-order chi connectivity index (χ1) is 25.6. The van der Waals surface area contributed by atoms with E-state index < -0.39 is 0 Å². The first kappa shape index (κ1) is 31.2. The Hall–Kier alpha value is -6.85. The Morgan fingerprint density at radius 1 is 0.596 bits per heavy atom. The average molecular weight is 670 g/mol. The highest BCUT2D eigenvalue weighted by molar-refractivity contribution is 6.27. The molecule has 52 heavy (non-hydrogen) atoms. The Kier molecular flexibility index (Phi) is 7.86. The maximum Gasteiger partial charge on any atom is 0.158 e. The van der Waals surface area contributed by atoms with E-state index >= 15 is 0 Å². The molecule has 8 aromatic carbocycles. The third-order valence-electron chi connectivity index (χ3n) is 9.88. The first-order valence-electron chi connectivity index (χ1n) is 17.5. The number of para-hydroxylation sites is 2. The Labute approximate surface area is 302 Å². The van der Waals surface area contributed by atoms with Crippen LogP contribution in [0.1, 0.15) is 16.7 Å². The van der Waals surface area contributed by atoms with E-state index in [1.807, 2.05) is 54.6 Å². The molecular weight excluding hydrogens is 635 g/mol. The summed E-state index contributed by atoms with van der Waals surface area (Å²) in [6.07, 6.45) is 0. The fourth-order valence-electron chi connectivity index (χ4n) is 7.32. The van der Waals surface area contributed by atoms with E-state index in [1.165, 1.54) is 5.39 Å². The van der Waals surface area contributed by atoms with E-state index in [4.69, 9.17) is 20.7 Å². The lowest BCUT2D eigenvalue weighted by Gasteiger charge is -2.19. The maximum absolute atomic E-state index is 6.78. The lowest BCUT2D eigenvalue weighted by Crippen LogP contribution is -2.17. The number of fused-ring (bicyclic) bond motifs is 5. The quantitative estimate of drug-likeness (QED) is 0.109. The molecule has 0 aliphatic rings. The predicted molar refractivity (Wildman–Crippen MR) is 218 cm³/mol. The maximum atomic E-state index is 6.78. The number of aliphatic imine (C=N–C) groups is 2. The largest absolute Gasteiger partial charge is 0.383 e. The second kappa shape index (κ2) is 13.1.